The first kappa shape index (κ1) is 15.8. The van der Waals surface area contributed by atoms with E-state index in [-0.39, 0.29) is 24.1 Å². The highest BCUT2D eigenvalue weighted by molar-refractivity contribution is 7.18. The van der Waals surface area contributed by atoms with Crippen molar-refractivity contribution in [2.45, 2.75) is 58.6 Å². The quantitative estimate of drug-likeness (QED) is 0.798. The molecule has 2 bridgehead atoms. The average molecular weight is 346 g/mol. The van der Waals surface area contributed by atoms with Crippen molar-refractivity contribution < 1.29 is 9.53 Å². The normalized spacial score (nSPS) is 25.5. The Hall–Kier alpha value is -1.69. The van der Waals surface area contributed by atoms with E-state index in [4.69, 9.17) is 4.74 Å². The Morgan fingerprint density at radius 2 is 2.21 bits per heavy atom. The SMILES string of the molecule is Cc1sc2ncn(CCC(=O)OC3CC4CCC3C4)c(=O)c2c1C. The molecule has 2 aliphatic carbocycles. The number of carbonyl (C=O) groups excluding carboxylic acids is 1. The van der Waals surface area contributed by atoms with Gasteiger partial charge in [0.2, 0.25) is 0 Å². The Labute approximate surface area is 144 Å². The fourth-order valence-corrected chi connectivity index (χ4v) is 5.19. The minimum atomic E-state index is -0.197. The van der Waals surface area contributed by atoms with Crippen LogP contribution in [0.2, 0.25) is 0 Å². The van der Waals surface area contributed by atoms with Crippen LogP contribution in [0, 0.1) is 25.7 Å². The van der Waals surface area contributed by atoms with Gasteiger partial charge in [0, 0.05) is 11.4 Å². The van der Waals surface area contributed by atoms with Gasteiger partial charge in [0.15, 0.2) is 0 Å². The third kappa shape index (κ3) is 2.66. The molecular formula is C18H22N2O3S. The molecule has 3 atom stereocenters. The Kier molecular flexibility index (Phi) is 3.95. The first-order valence-electron chi connectivity index (χ1n) is 8.67. The second-order valence-electron chi connectivity index (χ2n) is 7.16. The van der Waals surface area contributed by atoms with E-state index in [0.29, 0.717) is 17.8 Å². The Balaban J connectivity index is 1.43. The minimum Gasteiger partial charge on any atom is -0.462 e. The second-order valence-corrected chi connectivity index (χ2v) is 8.36. The summed E-state index contributed by atoms with van der Waals surface area (Å²) in [6.07, 6.45) is 6.61. The molecule has 0 N–H and O–H groups in total. The van der Waals surface area contributed by atoms with E-state index >= 15 is 0 Å². The van der Waals surface area contributed by atoms with E-state index in [1.54, 1.807) is 6.33 Å². The zero-order chi connectivity index (χ0) is 16.8. The molecule has 2 aliphatic rings. The fourth-order valence-electron chi connectivity index (χ4n) is 4.20. The van der Waals surface area contributed by atoms with E-state index in [9.17, 15) is 9.59 Å². The van der Waals surface area contributed by atoms with Gasteiger partial charge in [-0.1, -0.05) is 0 Å². The van der Waals surface area contributed by atoms with Gasteiger partial charge >= 0.3 is 5.97 Å². The van der Waals surface area contributed by atoms with Gasteiger partial charge in [-0.3, -0.25) is 14.2 Å². The number of nitrogens with zero attached hydrogens (tertiary/aromatic N) is 2. The predicted molar refractivity (Wildman–Crippen MR) is 93.3 cm³/mol. The smallest absolute Gasteiger partial charge is 0.307 e. The molecule has 2 fully saturated rings. The van der Waals surface area contributed by atoms with Gasteiger partial charge in [-0.25, -0.2) is 4.98 Å². The van der Waals surface area contributed by atoms with E-state index < -0.39 is 0 Å². The van der Waals surface area contributed by atoms with Gasteiger partial charge < -0.3 is 4.74 Å². The van der Waals surface area contributed by atoms with E-state index in [1.807, 2.05) is 13.8 Å². The number of carbonyl (C=O) groups is 1. The lowest BCUT2D eigenvalue weighted by Crippen LogP contribution is -2.26. The number of hydrogen-bond acceptors (Lipinski definition) is 5. The molecule has 0 radical (unpaired) electrons. The Morgan fingerprint density at radius 3 is 2.92 bits per heavy atom. The maximum atomic E-state index is 12.6. The number of aryl methyl sites for hydroxylation is 3. The molecular weight excluding hydrogens is 324 g/mol. The third-order valence-electron chi connectivity index (χ3n) is 5.67. The maximum absolute atomic E-state index is 12.6. The molecule has 0 saturated heterocycles. The van der Waals surface area contributed by atoms with Crippen molar-refractivity contribution in [1.29, 1.82) is 0 Å². The average Bonchev–Trinajstić information content (AvgIpc) is 3.23. The van der Waals surface area contributed by atoms with Crippen LogP contribution in [0.4, 0.5) is 0 Å². The molecule has 2 aromatic heterocycles. The minimum absolute atomic E-state index is 0.0606. The molecule has 24 heavy (non-hydrogen) atoms. The van der Waals surface area contributed by atoms with Crippen molar-refractivity contribution in [3.63, 3.8) is 0 Å². The van der Waals surface area contributed by atoms with Gasteiger partial charge in [-0.2, -0.15) is 0 Å². The summed E-state index contributed by atoms with van der Waals surface area (Å²) in [7, 11) is 0. The predicted octanol–water partition coefficient (Wildman–Crippen LogP) is 3.20. The molecule has 0 aromatic carbocycles. The maximum Gasteiger partial charge on any atom is 0.307 e. The van der Waals surface area contributed by atoms with Gasteiger partial charge in [-0.15, -0.1) is 11.3 Å². The Bertz CT molecular complexity index is 854. The molecule has 4 rings (SSSR count). The van der Waals surface area contributed by atoms with Gasteiger partial charge in [0.05, 0.1) is 18.1 Å². The molecule has 0 spiro atoms. The molecule has 128 valence electrons. The zero-order valence-electron chi connectivity index (χ0n) is 14.1. The van der Waals surface area contributed by atoms with E-state index in [0.717, 1.165) is 27.6 Å². The standard InChI is InChI=1S/C18H22N2O3S/c1-10-11(2)24-17-16(10)18(22)20(9-19-17)6-5-15(21)23-14-8-12-3-4-13(14)7-12/h9,12-14H,3-8H2,1-2H3. The molecule has 3 unspecified atom stereocenters. The molecule has 0 amide bonds. The van der Waals surface area contributed by atoms with Crippen LogP contribution in [-0.2, 0) is 16.1 Å². The van der Waals surface area contributed by atoms with Gasteiger partial charge in [0.1, 0.15) is 10.9 Å². The van der Waals surface area contributed by atoms with Crippen LogP contribution in [0.5, 0.6) is 0 Å². The van der Waals surface area contributed by atoms with Crippen LogP contribution in [0.3, 0.4) is 0 Å². The van der Waals surface area contributed by atoms with Crippen molar-refractivity contribution >= 4 is 27.5 Å². The lowest BCUT2D eigenvalue weighted by molar-refractivity contribution is -0.151. The second kappa shape index (κ2) is 5.99. The van der Waals surface area contributed by atoms with Crippen molar-refractivity contribution in [2.75, 3.05) is 0 Å². The summed E-state index contributed by atoms with van der Waals surface area (Å²) in [5, 5.41) is 0.682. The number of rotatable bonds is 4. The monoisotopic (exact) mass is 346 g/mol. The van der Waals surface area contributed by atoms with Crippen LogP contribution in [-0.4, -0.2) is 21.6 Å². The van der Waals surface area contributed by atoms with Crippen molar-refractivity contribution in [3.05, 3.63) is 27.1 Å². The highest BCUT2D eigenvalue weighted by Gasteiger charge is 2.41. The number of ether oxygens (including phenoxy) is 1. The van der Waals surface area contributed by atoms with Crippen LogP contribution in [0.15, 0.2) is 11.1 Å². The number of fused-ring (bicyclic) bond motifs is 3. The highest BCUT2D eigenvalue weighted by Crippen LogP contribution is 2.45. The fraction of sp³-hybridized carbons (Fsp3) is 0.611. The first-order valence-corrected chi connectivity index (χ1v) is 9.49. The summed E-state index contributed by atoms with van der Waals surface area (Å²) in [6.45, 7) is 4.28. The summed E-state index contributed by atoms with van der Waals surface area (Å²) in [5.74, 6) is 1.13. The number of esters is 1. The topological polar surface area (TPSA) is 61.2 Å². The zero-order valence-corrected chi connectivity index (χ0v) is 14.9. The summed E-state index contributed by atoms with van der Waals surface area (Å²) in [6, 6.07) is 0. The lowest BCUT2D eigenvalue weighted by atomic mass is 9.98. The summed E-state index contributed by atoms with van der Waals surface area (Å²) < 4.78 is 7.18. The van der Waals surface area contributed by atoms with Crippen molar-refractivity contribution in [1.82, 2.24) is 9.55 Å². The van der Waals surface area contributed by atoms with Crippen molar-refractivity contribution in [3.8, 4) is 0 Å². The molecule has 6 heteroatoms. The lowest BCUT2D eigenvalue weighted by Gasteiger charge is -2.21. The summed E-state index contributed by atoms with van der Waals surface area (Å²) in [5.41, 5.74) is 0.931. The molecule has 0 aliphatic heterocycles. The molecule has 2 saturated carbocycles. The Morgan fingerprint density at radius 1 is 1.38 bits per heavy atom. The molecule has 2 aromatic rings. The van der Waals surface area contributed by atoms with Crippen LogP contribution >= 0.6 is 11.3 Å². The molecule has 5 nitrogen and oxygen atoms in total. The third-order valence-corrected chi connectivity index (χ3v) is 6.78. The van der Waals surface area contributed by atoms with Gasteiger partial charge in [-0.05, 0) is 56.9 Å². The van der Waals surface area contributed by atoms with Gasteiger partial charge in [0.25, 0.3) is 5.56 Å². The number of aromatic nitrogens is 2. The van der Waals surface area contributed by atoms with Crippen LogP contribution < -0.4 is 5.56 Å². The highest BCUT2D eigenvalue weighted by atomic mass is 32.1. The van der Waals surface area contributed by atoms with Crippen LogP contribution in [0.1, 0.15) is 42.5 Å². The van der Waals surface area contributed by atoms with E-state index in [2.05, 4.69) is 4.98 Å². The molecule has 2 heterocycles. The number of thiophene rings is 1. The van der Waals surface area contributed by atoms with Crippen molar-refractivity contribution in [2.24, 2.45) is 11.8 Å². The largest absolute Gasteiger partial charge is 0.462 e. The number of hydrogen-bond donors (Lipinski definition) is 0. The summed E-state index contributed by atoms with van der Waals surface area (Å²) in [4.78, 5) is 31.0. The summed E-state index contributed by atoms with van der Waals surface area (Å²) >= 11 is 1.54. The van der Waals surface area contributed by atoms with Crippen LogP contribution in [0.25, 0.3) is 10.2 Å². The first-order chi connectivity index (χ1) is 11.5. The van der Waals surface area contributed by atoms with E-state index in [1.165, 1.54) is 35.2 Å².